The van der Waals surface area contributed by atoms with Crippen LogP contribution < -0.4 is 10.1 Å². The third kappa shape index (κ3) is 5.53. The zero-order chi connectivity index (χ0) is 14.3. The molecule has 0 saturated carbocycles. The van der Waals surface area contributed by atoms with Crippen molar-refractivity contribution in [2.75, 3.05) is 13.7 Å². The van der Waals surface area contributed by atoms with Gasteiger partial charge in [0.1, 0.15) is 5.75 Å². The Labute approximate surface area is 112 Å². The molecule has 1 aromatic carbocycles. The smallest absolute Gasteiger partial charge is 0.387 e. The predicted molar refractivity (Wildman–Crippen MR) is 70.6 cm³/mol. The Morgan fingerprint density at radius 2 is 1.84 bits per heavy atom. The number of halogens is 2. The molecule has 0 radical (unpaired) electrons. The van der Waals surface area contributed by atoms with Crippen LogP contribution in [0.5, 0.6) is 5.75 Å². The summed E-state index contributed by atoms with van der Waals surface area (Å²) in [6.45, 7) is 1.98. The second kappa shape index (κ2) is 8.07. The first-order chi connectivity index (χ1) is 9.06. The number of hydrogen-bond donors (Lipinski definition) is 1. The highest BCUT2D eigenvalue weighted by Gasteiger charge is 2.12. The Balaban J connectivity index is 2.59. The summed E-state index contributed by atoms with van der Waals surface area (Å²) < 4.78 is 33.5. The minimum atomic E-state index is -2.78. The molecule has 0 saturated heterocycles. The van der Waals surface area contributed by atoms with E-state index in [9.17, 15) is 8.78 Å². The third-order valence-corrected chi connectivity index (χ3v) is 2.95. The van der Waals surface area contributed by atoms with Gasteiger partial charge < -0.3 is 14.8 Å². The van der Waals surface area contributed by atoms with Crippen LogP contribution in [0.4, 0.5) is 8.78 Å². The van der Waals surface area contributed by atoms with Gasteiger partial charge in [-0.3, -0.25) is 0 Å². The molecule has 5 heteroatoms. The second-order valence-corrected chi connectivity index (χ2v) is 4.40. The van der Waals surface area contributed by atoms with E-state index in [4.69, 9.17) is 4.74 Å². The van der Waals surface area contributed by atoms with Crippen LogP contribution in [0.25, 0.3) is 0 Å². The van der Waals surface area contributed by atoms with Gasteiger partial charge in [-0.2, -0.15) is 8.78 Å². The summed E-state index contributed by atoms with van der Waals surface area (Å²) in [4.78, 5) is 0. The number of hydrogen-bond acceptors (Lipinski definition) is 3. The van der Waals surface area contributed by atoms with Crippen LogP contribution in [0.15, 0.2) is 24.3 Å². The molecule has 19 heavy (non-hydrogen) atoms. The van der Waals surface area contributed by atoms with Crippen molar-refractivity contribution in [2.45, 2.75) is 39.0 Å². The van der Waals surface area contributed by atoms with Crippen LogP contribution in [0.3, 0.4) is 0 Å². The first kappa shape index (κ1) is 15.9. The van der Waals surface area contributed by atoms with E-state index < -0.39 is 6.61 Å². The van der Waals surface area contributed by atoms with Gasteiger partial charge in [0, 0.05) is 19.2 Å². The summed E-state index contributed by atoms with van der Waals surface area (Å²) in [7, 11) is 1.67. The summed E-state index contributed by atoms with van der Waals surface area (Å²) in [6.07, 6.45) is 0.963. The predicted octanol–water partition coefficient (Wildman–Crippen LogP) is 3.36. The highest BCUT2D eigenvalue weighted by molar-refractivity contribution is 5.29. The first-order valence-corrected chi connectivity index (χ1v) is 6.36. The number of alkyl halides is 2. The quantitative estimate of drug-likeness (QED) is 0.787. The fraction of sp³-hybridized carbons (Fsp3) is 0.571. The van der Waals surface area contributed by atoms with E-state index in [1.165, 1.54) is 0 Å². The van der Waals surface area contributed by atoms with Gasteiger partial charge in [0.15, 0.2) is 0 Å². The minimum absolute atomic E-state index is 0.126. The molecule has 0 spiro atoms. The zero-order valence-corrected chi connectivity index (χ0v) is 11.5. The van der Waals surface area contributed by atoms with Crippen LogP contribution in [-0.2, 0) is 4.74 Å². The molecule has 3 nitrogen and oxygen atoms in total. The van der Waals surface area contributed by atoms with Gasteiger partial charge in [0.25, 0.3) is 0 Å². The van der Waals surface area contributed by atoms with E-state index in [-0.39, 0.29) is 17.8 Å². The summed E-state index contributed by atoms with van der Waals surface area (Å²) in [5, 5.41) is 3.43. The number of benzene rings is 1. The molecule has 0 aliphatic carbocycles. The van der Waals surface area contributed by atoms with E-state index in [1.54, 1.807) is 31.4 Å². The topological polar surface area (TPSA) is 30.5 Å². The largest absolute Gasteiger partial charge is 0.435 e. The SMILES string of the molecule is CCC(COC)NC(C)c1ccc(OC(F)F)cc1. The number of ether oxygens (including phenoxy) is 2. The monoisotopic (exact) mass is 273 g/mol. The van der Waals surface area contributed by atoms with Gasteiger partial charge in [-0.05, 0) is 31.0 Å². The van der Waals surface area contributed by atoms with Crippen molar-refractivity contribution in [2.24, 2.45) is 0 Å². The van der Waals surface area contributed by atoms with Crippen molar-refractivity contribution in [3.8, 4) is 5.75 Å². The van der Waals surface area contributed by atoms with Crippen molar-refractivity contribution >= 4 is 0 Å². The molecule has 1 aromatic rings. The van der Waals surface area contributed by atoms with Crippen LogP contribution in [-0.4, -0.2) is 26.4 Å². The van der Waals surface area contributed by atoms with Gasteiger partial charge in [-0.15, -0.1) is 0 Å². The summed E-state index contributed by atoms with van der Waals surface area (Å²) in [6, 6.07) is 7.08. The molecule has 2 unspecified atom stereocenters. The Morgan fingerprint density at radius 3 is 2.32 bits per heavy atom. The Bertz CT molecular complexity index is 357. The summed E-state index contributed by atoms with van der Waals surface area (Å²) >= 11 is 0. The second-order valence-electron chi connectivity index (χ2n) is 4.40. The molecular formula is C14H21F2NO2. The molecule has 1 rings (SSSR count). The highest BCUT2D eigenvalue weighted by atomic mass is 19.3. The average molecular weight is 273 g/mol. The maximum absolute atomic E-state index is 12.0. The lowest BCUT2D eigenvalue weighted by Gasteiger charge is -2.22. The zero-order valence-electron chi connectivity index (χ0n) is 11.5. The van der Waals surface area contributed by atoms with Crippen LogP contribution in [0.2, 0.25) is 0 Å². The lowest BCUT2D eigenvalue weighted by molar-refractivity contribution is -0.0498. The molecule has 0 fully saturated rings. The molecule has 0 amide bonds. The lowest BCUT2D eigenvalue weighted by atomic mass is 10.1. The fourth-order valence-corrected chi connectivity index (χ4v) is 1.87. The Hall–Kier alpha value is -1.20. The van der Waals surface area contributed by atoms with Gasteiger partial charge >= 0.3 is 6.61 Å². The molecule has 0 bridgehead atoms. The Kier molecular flexibility index (Phi) is 6.73. The highest BCUT2D eigenvalue weighted by Crippen LogP contribution is 2.19. The van der Waals surface area contributed by atoms with E-state index in [0.29, 0.717) is 6.61 Å². The number of nitrogens with one attached hydrogen (secondary N) is 1. The van der Waals surface area contributed by atoms with E-state index in [1.807, 2.05) is 6.92 Å². The fourth-order valence-electron chi connectivity index (χ4n) is 1.87. The van der Waals surface area contributed by atoms with Gasteiger partial charge in [0.2, 0.25) is 0 Å². The van der Waals surface area contributed by atoms with Crippen molar-refractivity contribution in [1.82, 2.24) is 5.32 Å². The molecular weight excluding hydrogens is 252 g/mol. The lowest BCUT2D eigenvalue weighted by Crippen LogP contribution is -2.34. The van der Waals surface area contributed by atoms with E-state index >= 15 is 0 Å². The van der Waals surface area contributed by atoms with Crippen LogP contribution in [0.1, 0.15) is 31.9 Å². The van der Waals surface area contributed by atoms with E-state index in [2.05, 4.69) is 17.0 Å². The van der Waals surface area contributed by atoms with Crippen LogP contribution >= 0.6 is 0 Å². The molecule has 1 N–H and O–H groups in total. The normalized spacial score (nSPS) is 14.4. The summed E-state index contributed by atoms with van der Waals surface area (Å²) in [5.41, 5.74) is 1.02. The molecule has 0 aromatic heterocycles. The number of methoxy groups -OCH3 is 1. The van der Waals surface area contributed by atoms with Crippen molar-refractivity contribution in [1.29, 1.82) is 0 Å². The van der Waals surface area contributed by atoms with Gasteiger partial charge in [-0.1, -0.05) is 19.1 Å². The molecule has 0 aliphatic rings. The maximum atomic E-state index is 12.0. The van der Waals surface area contributed by atoms with Gasteiger partial charge in [0.05, 0.1) is 6.61 Å². The van der Waals surface area contributed by atoms with Crippen molar-refractivity contribution in [3.05, 3.63) is 29.8 Å². The minimum Gasteiger partial charge on any atom is -0.435 e. The number of rotatable bonds is 8. The van der Waals surface area contributed by atoms with Crippen molar-refractivity contribution < 1.29 is 18.3 Å². The Morgan fingerprint density at radius 1 is 1.21 bits per heavy atom. The maximum Gasteiger partial charge on any atom is 0.387 e. The standard InChI is InChI=1S/C14H21F2NO2/c1-4-12(9-18-3)17-10(2)11-5-7-13(8-6-11)19-14(15)16/h5-8,10,12,14,17H,4,9H2,1-3H3. The molecule has 0 heterocycles. The average Bonchev–Trinajstić information content (AvgIpc) is 2.38. The molecule has 0 aliphatic heterocycles. The molecule has 108 valence electrons. The molecule has 2 atom stereocenters. The summed E-state index contributed by atoms with van der Waals surface area (Å²) in [5.74, 6) is 0.176. The van der Waals surface area contributed by atoms with E-state index in [0.717, 1.165) is 12.0 Å². The van der Waals surface area contributed by atoms with Crippen LogP contribution in [0, 0.1) is 0 Å². The third-order valence-electron chi connectivity index (χ3n) is 2.95. The first-order valence-electron chi connectivity index (χ1n) is 6.36. The van der Waals surface area contributed by atoms with Gasteiger partial charge in [-0.25, -0.2) is 0 Å². The van der Waals surface area contributed by atoms with Crippen molar-refractivity contribution in [3.63, 3.8) is 0 Å².